The standard InChI is InChI=1S/C20H15FN2O2/c21-16-8-5-11-18(13-16)23-20(25)15-7-4-6-14(12-15)19(24)22-17-9-2-1-3-10-17/h1-13H,(H,22,24)(H,23,25). The van der Waals surface area contributed by atoms with Crippen molar-refractivity contribution in [2.75, 3.05) is 10.6 Å². The molecule has 0 heterocycles. The quantitative estimate of drug-likeness (QED) is 0.746. The number of amides is 2. The number of nitrogens with one attached hydrogen (secondary N) is 2. The third kappa shape index (κ3) is 4.29. The highest BCUT2D eigenvalue weighted by Crippen LogP contribution is 2.14. The number of carbonyl (C=O) groups excluding carboxylic acids is 2. The van der Waals surface area contributed by atoms with E-state index in [2.05, 4.69) is 10.6 Å². The van der Waals surface area contributed by atoms with Gasteiger partial charge in [0, 0.05) is 22.5 Å². The van der Waals surface area contributed by atoms with Crippen LogP contribution in [-0.2, 0) is 0 Å². The van der Waals surface area contributed by atoms with Crippen LogP contribution in [0.4, 0.5) is 15.8 Å². The number of halogens is 1. The van der Waals surface area contributed by atoms with E-state index >= 15 is 0 Å². The molecule has 0 atom stereocenters. The molecule has 3 rings (SSSR count). The predicted octanol–water partition coefficient (Wildman–Crippen LogP) is 4.33. The van der Waals surface area contributed by atoms with Gasteiger partial charge in [0.2, 0.25) is 0 Å². The van der Waals surface area contributed by atoms with Gasteiger partial charge in [-0.3, -0.25) is 9.59 Å². The van der Waals surface area contributed by atoms with Crippen molar-refractivity contribution in [3.05, 3.63) is 95.8 Å². The minimum Gasteiger partial charge on any atom is -0.322 e. The molecule has 0 unspecified atom stereocenters. The first kappa shape index (κ1) is 16.4. The molecular weight excluding hydrogens is 319 g/mol. The normalized spacial score (nSPS) is 10.1. The van der Waals surface area contributed by atoms with E-state index < -0.39 is 11.7 Å². The Labute approximate surface area is 144 Å². The smallest absolute Gasteiger partial charge is 0.255 e. The van der Waals surface area contributed by atoms with Gasteiger partial charge in [-0.2, -0.15) is 0 Å². The van der Waals surface area contributed by atoms with E-state index in [1.165, 1.54) is 24.3 Å². The molecule has 0 fully saturated rings. The first-order valence-corrected chi connectivity index (χ1v) is 7.65. The van der Waals surface area contributed by atoms with Gasteiger partial charge < -0.3 is 10.6 Å². The van der Waals surface area contributed by atoms with Gasteiger partial charge in [0.15, 0.2) is 0 Å². The second-order valence-electron chi connectivity index (χ2n) is 5.37. The van der Waals surface area contributed by atoms with Crippen LogP contribution in [0.25, 0.3) is 0 Å². The number of para-hydroxylation sites is 1. The van der Waals surface area contributed by atoms with E-state index in [1.54, 1.807) is 36.4 Å². The Kier molecular flexibility index (Phi) is 4.85. The first-order chi connectivity index (χ1) is 12.1. The lowest BCUT2D eigenvalue weighted by atomic mass is 10.1. The number of benzene rings is 3. The molecule has 2 amide bonds. The van der Waals surface area contributed by atoms with E-state index in [1.807, 2.05) is 18.2 Å². The molecule has 3 aromatic carbocycles. The van der Waals surface area contributed by atoms with E-state index in [9.17, 15) is 14.0 Å². The maximum Gasteiger partial charge on any atom is 0.255 e. The highest BCUT2D eigenvalue weighted by atomic mass is 19.1. The second-order valence-corrected chi connectivity index (χ2v) is 5.37. The van der Waals surface area contributed by atoms with Gasteiger partial charge in [-0.25, -0.2) is 4.39 Å². The molecule has 4 nitrogen and oxygen atoms in total. The minimum atomic E-state index is -0.436. The van der Waals surface area contributed by atoms with Crippen LogP contribution in [0.1, 0.15) is 20.7 Å². The molecule has 0 bridgehead atoms. The molecule has 25 heavy (non-hydrogen) atoms. The lowest BCUT2D eigenvalue weighted by Gasteiger charge is -2.08. The Morgan fingerprint density at radius 1 is 0.640 bits per heavy atom. The highest BCUT2D eigenvalue weighted by molar-refractivity contribution is 6.08. The molecule has 0 saturated heterocycles. The largest absolute Gasteiger partial charge is 0.322 e. The lowest BCUT2D eigenvalue weighted by Crippen LogP contribution is -2.15. The summed E-state index contributed by atoms with van der Waals surface area (Å²) in [5, 5.41) is 5.37. The maximum atomic E-state index is 13.2. The molecule has 124 valence electrons. The molecule has 0 saturated carbocycles. The zero-order chi connectivity index (χ0) is 17.6. The maximum absolute atomic E-state index is 13.2. The van der Waals surface area contributed by atoms with Crippen molar-refractivity contribution in [2.24, 2.45) is 0 Å². The number of rotatable bonds is 4. The molecule has 0 spiro atoms. The van der Waals surface area contributed by atoms with Crippen molar-refractivity contribution in [2.45, 2.75) is 0 Å². The highest BCUT2D eigenvalue weighted by Gasteiger charge is 2.11. The zero-order valence-electron chi connectivity index (χ0n) is 13.2. The summed E-state index contributed by atoms with van der Waals surface area (Å²) in [4.78, 5) is 24.6. The summed E-state index contributed by atoms with van der Waals surface area (Å²) in [6.45, 7) is 0. The molecule has 5 heteroatoms. The molecule has 2 N–H and O–H groups in total. The Balaban J connectivity index is 1.74. The summed E-state index contributed by atoms with van der Waals surface area (Å²) in [7, 11) is 0. The SMILES string of the molecule is O=C(Nc1ccccc1)c1cccc(C(=O)Nc2cccc(F)c2)c1. The van der Waals surface area contributed by atoms with Crippen molar-refractivity contribution < 1.29 is 14.0 Å². The van der Waals surface area contributed by atoms with Crippen LogP contribution >= 0.6 is 0 Å². The van der Waals surface area contributed by atoms with Crippen LogP contribution in [0.2, 0.25) is 0 Å². The molecule has 3 aromatic rings. The lowest BCUT2D eigenvalue weighted by molar-refractivity contribution is 0.102. The predicted molar refractivity (Wildman–Crippen MR) is 95.2 cm³/mol. The van der Waals surface area contributed by atoms with Crippen LogP contribution in [0.3, 0.4) is 0 Å². The average molecular weight is 334 g/mol. The Bertz CT molecular complexity index is 910. The Morgan fingerprint density at radius 3 is 1.84 bits per heavy atom. The van der Waals surface area contributed by atoms with Crippen molar-refractivity contribution in [3.8, 4) is 0 Å². The van der Waals surface area contributed by atoms with E-state index in [0.29, 0.717) is 22.5 Å². The third-order valence-electron chi connectivity index (χ3n) is 3.50. The second kappa shape index (κ2) is 7.40. The van der Waals surface area contributed by atoms with Gasteiger partial charge in [0.1, 0.15) is 5.82 Å². The molecule has 0 aliphatic carbocycles. The van der Waals surface area contributed by atoms with Crippen LogP contribution in [0.15, 0.2) is 78.9 Å². The summed E-state index contributed by atoms with van der Waals surface area (Å²) in [6, 6.07) is 21.0. The summed E-state index contributed by atoms with van der Waals surface area (Å²) >= 11 is 0. The fraction of sp³-hybridized carbons (Fsp3) is 0. The van der Waals surface area contributed by atoms with Gasteiger partial charge in [0.25, 0.3) is 11.8 Å². The Morgan fingerprint density at radius 2 is 1.20 bits per heavy atom. The van der Waals surface area contributed by atoms with Gasteiger partial charge >= 0.3 is 0 Å². The fourth-order valence-electron chi connectivity index (χ4n) is 2.30. The third-order valence-corrected chi connectivity index (χ3v) is 3.50. The van der Waals surface area contributed by atoms with Crippen LogP contribution in [0, 0.1) is 5.82 Å². The summed E-state index contributed by atoms with van der Waals surface area (Å²) in [5.41, 5.74) is 1.69. The van der Waals surface area contributed by atoms with Crippen LogP contribution < -0.4 is 10.6 Å². The summed E-state index contributed by atoms with van der Waals surface area (Å²) < 4.78 is 13.2. The van der Waals surface area contributed by atoms with E-state index in [0.717, 1.165) is 0 Å². The minimum absolute atomic E-state index is 0.310. The van der Waals surface area contributed by atoms with Crippen molar-refractivity contribution in [3.63, 3.8) is 0 Å². The molecule has 0 aliphatic heterocycles. The van der Waals surface area contributed by atoms with E-state index in [4.69, 9.17) is 0 Å². The van der Waals surface area contributed by atoms with Crippen LogP contribution in [0.5, 0.6) is 0 Å². The number of carbonyl (C=O) groups is 2. The fourth-order valence-corrected chi connectivity index (χ4v) is 2.30. The molecule has 0 radical (unpaired) electrons. The topological polar surface area (TPSA) is 58.2 Å². The van der Waals surface area contributed by atoms with Crippen LogP contribution in [-0.4, -0.2) is 11.8 Å². The van der Waals surface area contributed by atoms with Crippen molar-refractivity contribution >= 4 is 23.2 Å². The monoisotopic (exact) mass is 334 g/mol. The van der Waals surface area contributed by atoms with Gasteiger partial charge in [-0.1, -0.05) is 30.3 Å². The molecular formula is C20H15FN2O2. The first-order valence-electron chi connectivity index (χ1n) is 7.65. The summed E-state index contributed by atoms with van der Waals surface area (Å²) in [6.07, 6.45) is 0. The van der Waals surface area contributed by atoms with Gasteiger partial charge in [-0.15, -0.1) is 0 Å². The Hall–Kier alpha value is -3.47. The number of anilines is 2. The van der Waals surface area contributed by atoms with Crippen molar-refractivity contribution in [1.82, 2.24) is 0 Å². The molecule has 0 aliphatic rings. The average Bonchev–Trinajstić information content (AvgIpc) is 2.62. The number of hydrogen-bond donors (Lipinski definition) is 2. The molecule has 0 aromatic heterocycles. The number of hydrogen-bond acceptors (Lipinski definition) is 2. The summed E-state index contributed by atoms with van der Waals surface area (Å²) in [5.74, 6) is -1.17. The van der Waals surface area contributed by atoms with Gasteiger partial charge in [0.05, 0.1) is 0 Å². The van der Waals surface area contributed by atoms with Crippen molar-refractivity contribution in [1.29, 1.82) is 0 Å². The zero-order valence-corrected chi connectivity index (χ0v) is 13.2. The van der Waals surface area contributed by atoms with Gasteiger partial charge in [-0.05, 0) is 48.5 Å². The van der Waals surface area contributed by atoms with E-state index in [-0.39, 0.29) is 5.91 Å².